The van der Waals surface area contributed by atoms with Crippen molar-refractivity contribution in [2.24, 2.45) is 0 Å². The Balaban J connectivity index is 0.00000331. The Morgan fingerprint density at radius 1 is 0.576 bits per heavy atom. The molecule has 0 amide bonds. The molecule has 0 unspecified atom stereocenters. The topological polar surface area (TPSA) is 152 Å². The zero-order valence-electron chi connectivity index (χ0n) is 32.4. The van der Waals surface area contributed by atoms with Gasteiger partial charge >= 0.3 is 59.1 Å². The first-order valence-electron chi connectivity index (χ1n) is 17.3. The van der Waals surface area contributed by atoms with Gasteiger partial charge in [-0.15, -0.1) is 12.1 Å². The molecule has 0 aromatic heterocycles. The van der Waals surface area contributed by atoms with Crippen molar-refractivity contribution in [3.8, 4) is 68.6 Å². The summed E-state index contributed by atoms with van der Waals surface area (Å²) in [5.41, 5.74) is 4.92. The van der Waals surface area contributed by atoms with Crippen LogP contribution in [0.2, 0.25) is 0 Å². The Hall–Kier alpha value is -4.91. The van der Waals surface area contributed by atoms with Gasteiger partial charge < -0.3 is 23.5 Å². The van der Waals surface area contributed by atoms with Crippen LogP contribution in [-0.4, -0.2) is 28.5 Å². The van der Waals surface area contributed by atoms with E-state index in [0.29, 0.717) is 28.6 Å². The molecule has 0 spiro atoms. The minimum absolute atomic E-state index is 0. The van der Waals surface area contributed by atoms with Gasteiger partial charge in [-0.1, -0.05) is 60.7 Å². The van der Waals surface area contributed by atoms with Gasteiger partial charge in [-0.3, -0.25) is 0 Å². The van der Waals surface area contributed by atoms with Crippen molar-refractivity contribution in [2.45, 2.75) is 21.6 Å². The largest absolute Gasteiger partial charge is 1.00 e. The van der Waals surface area contributed by atoms with E-state index in [2.05, 4.69) is 12.1 Å². The first kappa shape index (κ1) is 45.2. The van der Waals surface area contributed by atoms with E-state index >= 15 is 0 Å². The van der Waals surface area contributed by atoms with Crippen molar-refractivity contribution in [3.05, 3.63) is 169 Å². The standard InChI is InChI=1S/C45H32NO9S2.2Na/c1-30-4-3-5-43(42(30)29-46)54-38-18-10-34(11-19-38)32-8-16-36(17-9-32)53-37-22-24-40(25-23-37)56(47,48)41-26-27-44(45(28-41)57(49,50)51)55-39-20-12-33(13-21-39)31-6-14-35(52-2)15-7-31;;/h3-22,24-28H,1-2H3,(H,49,50,51);;/q-1;2*+1/p-1. The maximum Gasteiger partial charge on any atom is 1.00 e. The molecule has 0 radical (unpaired) electrons. The summed E-state index contributed by atoms with van der Waals surface area (Å²) in [6.45, 7) is 1.86. The van der Waals surface area contributed by atoms with Gasteiger partial charge in [0, 0.05) is 5.75 Å². The van der Waals surface area contributed by atoms with Crippen LogP contribution in [0.15, 0.2) is 166 Å². The second kappa shape index (κ2) is 19.4. The van der Waals surface area contributed by atoms with Gasteiger partial charge in [0.1, 0.15) is 50.7 Å². The van der Waals surface area contributed by atoms with Gasteiger partial charge in [0.25, 0.3) is 0 Å². The summed E-state index contributed by atoms with van der Waals surface area (Å²) in [4.78, 5) is -1.43. The van der Waals surface area contributed by atoms with E-state index in [9.17, 15) is 26.7 Å². The van der Waals surface area contributed by atoms with Crippen LogP contribution in [0, 0.1) is 24.3 Å². The van der Waals surface area contributed by atoms with Crippen LogP contribution in [0.1, 0.15) is 11.1 Å². The fourth-order valence-electron chi connectivity index (χ4n) is 5.88. The third kappa shape index (κ3) is 10.6. The predicted octanol–water partition coefficient (Wildman–Crippen LogP) is 4.13. The number of hydrogen-bond donors (Lipinski definition) is 0. The van der Waals surface area contributed by atoms with Gasteiger partial charge in [0.05, 0.1) is 22.5 Å². The van der Waals surface area contributed by atoms with E-state index in [0.717, 1.165) is 39.9 Å². The predicted molar refractivity (Wildman–Crippen MR) is 212 cm³/mol. The minimum atomic E-state index is -5.15. The summed E-state index contributed by atoms with van der Waals surface area (Å²) in [6, 6.07) is 46.3. The van der Waals surface area contributed by atoms with Gasteiger partial charge in [-0.25, -0.2) is 16.8 Å². The summed E-state index contributed by atoms with van der Waals surface area (Å²) in [7, 11) is -7.86. The van der Waals surface area contributed by atoms with Gasteiger partial charge in [-0.2, -0.15) is 17.4 Å². The molecule has 0 atom stereocenters. The van der Waals surface area contributed by atoms with Crippen molar-refractivity contribution < 1.29 is 99.5 Å². The molecule has 0 fully saturated rings. The van der Waals surface area contributed by atoms with Gasteiger partial charge in [0.2, 0.25) is 0 Å². The number of rotatable bonds is 12. The molecule has 7 aromatic carbocycles. The number of benzene rings is 7. The molecule has 0 N–H and O–H groups in total. The minimum Gasteiger partial charge on any atom is -0.744 e. The second-order valence-corrected chi connectivity index (χ2v) is 15.9. The van der Waals surface area contributed by atoms with Crippen LogP contribution in [0.3, 0.4) is 0 Å². The maximum atomic E-state index is 13.6. The molecule has 0 aliphatic rings. The van der Waals surface area contributed by atoms with E-state index in [1.807, 2.05) is 79.7 Å². The molecule has 0 aliphatic carbocycles. The first-order valence-corrected chi connectivity index (χ1v) is 20.2. The Bertz CT molecular complexity index is 2830. The summed E-state index contributed by atoms with van der Waals surface area (Å²) < 4.78 is 86.8. The third-order valence-electron chi connectivity index (χ3n) is 8.91. The molecule has 0 bridgehead atoms. The number of aryl methyl sites for hydroxylation is 1. The van der Waals surface area contributed by atoms with E-state index < -0.39 is 29.7 Å². The molecule has 7 aromatic rings. The van der Waals surface area contributed by atoms with E-state index in [-0.39, 0.29) is 81.3 Å². The monoisotopic (exact) mass is 839 g/mol. The van der Waals surface area contributed by atoms with Crippen LogP contribution in [-0.2, 0) is 20.0 Å². The van der Waals surface area contributed by atoms with E-state index in [4.69, 9.17) is 18.9 Å². The van der Waals surface area contributed by atoms with Crippen LogP contribution in [0.4, 0.5) is 0 Å². The van der Waals surface area contributed by atoms with Crippen LogP contribution < -0.4 is 78.1 Å². The SMILES string of the molecule is COc1ccc(-c2ccc(Oc3ccc(S(=O)(=O)c4c[c-]c(Oc5ccc(-c6ccc(Oc7cccc(C)c7C#N)cc6)cc5)cc4)cc3S(=O)(=O)[O-])cc2)cc1.[Na+].[Na+]. The normalized spacial score (nSPS) is 10.9. The van der Waals surface area contributed by atoms with Crippen molar-refractivity contribution >= 4 is 20.0 Å². The number of nitriles is 1. The molecule has 0 heterocycles. The quantitative estimate of drug-likeness (QED) is 0.0999. The number of hydrogen-bond acceptors (Lipinski definition) is 10. The number of nitrogens with zero attached hydrogens (tertiary/aromatic N) is 1. The number of methoxy groups -OCH3 is 1. The third-order valence-corrected chi connectivity index (χ3v) is 11.5. The van der Waals surface area contributed by atoms with Crippen molar-refractivity contribution in [1.29, 1.82) is 5.26 Å². The average molecular weight is 840 g/mol. The molecule has 0 saturated heterocycles. The van der Waals surface area contributed by atoms with Crippen molar-refractivity contribution in [1.82, 2.24) is 0 Å². The van der Waals surface area contributed by atoms with E-state index in [1.165, 1.54) is 24.3 Å². The second-order valence-electron chi connectivity index (χ2n) is 12.6. The fraction of sp³-hybridized carbons (Fsp3) is 0.0444. The van der Waals surface area contributed by atoms with Crippen molar-refractivity contribution in [3.63, 3.8) is 0 Å². The van der Waals surface area contributed by atoms with Crippen molar-refractivity contribution in [2.75, 3.05) is 7.11 Å². The molecule has 7 rings (SSSR count). The summed E-state index contributed by atoms with van der Waals surface area (Å²) in [5.74, 6) is 2.42. The molecule has 0 aliphatic heterocycles. The molecule has 10 nitrogen and oxygen atoms in total. The Kier molecular flexibility index (Phi) is 14.9. The number of sulfone groups is 1. The molecule has 14 heteroatoms. The smallest absolute Gasteiger partial charge is 0.744 e. The van der Waals surface area contributed by atoms with Gasteiger partial charge in [-0.05, 0) is 112 Å². The first-order chi connectivity index (χ1) is 27.4. The molecule has 0 saturated carbocycles. The van der Waals surface area contributed by atoms with Crippen LogP contribution >= 0.6 is 0 Å². The van der Waals surface area contributed by atoms with Crippen LogP contribution in [0.5, 0.6) is 40.2 Å². The fourth-order valence-corrected chi connectivity index (χ4v) is 7.83. The van der Waals surface area contributed by atoms with Crippen LogP contribution in [0.25, 0.3) is 22.3 Å². The molecule has 284 valence electrons. The zero-order chi connectivity index (χ0) is 40.2. The average Bonchev–Trinajstić information content (AvgIpc) is 3.22. The molecular formula is C45H31NNa2O9S2. The summed E-state index contributed by atoms with van der Waals surface area (Å²) in [5, 5.41) is 9.48. The Labute approximate surface area is 387 Å². The zero-order valence-corrected chi connectivity index (χ0v) is 38.0. The molecule has 59 heavy (non-hydrogen) atoms. The Morgan fingerprint density at radius 2 is 1.05 bits per heavy atom. The summed E-state index contributed by atoms with van der Waals surface area (Å²) in [6.07, 6.45) is 0. The van der Waals surface area contributed by atoms with E-state index in [1.54, 1.807) is 49.6 Å². The summed E-state index contributed by atoms with van der Waals surface area (Å²) >= 11 is 0. The Morgan fingerprint density at radius 3 is 1.51 bits per heavy atom. The van der Waals surface area contributed by atoms with Gasteiger partial charge in [0.15, 0.2) is 9.84 Å². The molecular weight excluding hydrogens is 809 g/mol. The maximum absolute atomic E-state index is 13.6. The number of ether oxygens (including phenoxy) is 4.